The molecule has 0 bridgehead atoms. The third-order valence-corrected chi connectivity index (χ3v) is 6.12. The van der Waals surface area contributed by atoms with Gasteiger partial charge in [-0.15, -0.1) is 0 Å². The quantitative estimate of drug-likeness (QED) is 0.250. The van der Waals surface area contributed by atoms with E-state index in [0.717, 1.165) is 5.56 Å². The van der Waals surface area contributed by atoms with Crippen LogP contribution in [0.25, 0.3) is 0 Å². The molecule has 3 atom stereocenters. The van der Waals surface area contributed by atoms with E-state index in [1.807, 2.05) is 30.3 Å². The summed E-state index contributed by atoms with van der Waals surface area (Å²) in [6.07, 6.45) is -2.77. The summed E-state index contributed by atoms with van der Waals surface area (Å²) in [5, 5.41) is 14.3. The largest absolute Gasteiger partial charge is 0.480 e. The lowest BCUT2D eigenvalue weighted by Crippen LogP contribution is -2.54. The lowest BCUT2D eigenvalue weighted by molar-refractivity contribution is -0.173. The van der Waals surface area contributed by atoms with E-state index in [1.54, 1.807) is 12.2 Å². The number of benzene rings is 1. The van der Waals surface area contributed by atoms with E-state index in [9.17, 15) is 37.5 Å². The van der Waals surface area contributed by atoms with Crippen molar-refractivity contribution in [2.75, 3.05) is 19.7 Å². The molecule has 9 nitrogen and oxygen atoms in total. The number of carboxylic acids is 1. The number of halogens is 3. The van der Waals surface area contributed by atoms with E-state index >= 15 is 0 Å². The van der Waals surface area contributed by atoms with E-state index in [-0.39, 0.29) is 39.0 Å². The van der Waals surface area contributed by atoms with Gasteiger partial charge in [-0.05, 0) is 57.4 Å². The minimum Gasteiger partial charge on any atom is -0.480 e. The molecule has 206 valence electrons. The van der Waals surface area contributed by atoms with Crippen molar-refractivity contribution in [1.82, 2.24) is 15.5 Å². The molecule has 1 saturated heterocycles. The Morgan fingerprint density at radius 3 is 2.43 bits per heavy atom. The number of unbranched alkanes of at least 4 members (excludes halogenated alkanes) is 1. The Kier molecular flexibility index (Phi) is 11.8. The zero-order valence-electron chi connectivity index (χ0n) is 20.8. The summed E-state index contributed by atoms with van der Waals surface area (Å²) in [5.41, 5.74) is 0.979. The highest BCUT2D eigenvalue weighted by Gasteiger charge is 2.39. The molecule has 1 aromatic rings. The highest BCUT2D eigenvalue weighted by Crippen LogP contribution is 2.21. The van der Waals surface area contributed by atoms with Crippen LogP contribution in [0.3, 0.4) is 0 Å². The number of carboxylic acid groups (broad SMARTS) is 1. The molecular weight excluding hydrogens is 495 g/mol. The van der Waals surface area contributed by atoms with Gasteiger partial charge in [0.25, 0.3) is 0 Å². The fraction of sp³-hybridized carbons (Fsp3) is 0.600. The van der Waals surface area contributed by atoms with Gasteiger partial charge in [-0.2, -0.15) is 13.2 Å². The minimum absolute atomic E-state index is 0.130. The van der Waals surface area contributed by atoms with Gasteiger partial charge in [-0.25, -0.2) is 4.79 Å². The van der Waals surface area contributed by atoms with Gasteiger partial charge in [-0.1, -0.05) is 30.3 Å². The third-order valence-electron chi connectivity index (χ3n) is 6.12. The number of likely N-dealkylation sites (tertiary alicyclic amines) is 1. The van der Waals surface area contributed by atoms with Crippen LogP contribution in [-0.4, -0.2) is 77.8 Å². The summed E-state index contributed by atoms with van der Waals surface area (Å²) in [6, 6.07) is 6.62. The molecule has 0 radical (unpaired) electrons. The first-order valence-corrected chi connectivity index (χ1v) is 12.4. The fourth-order valence-electron chi connectivity index (χ4n) is 4.25. The van der Waals surface area contributed by atoms with Gasteiger partial charge in [0.15, 0.2) is 0 Å². The Bertz CT molecular complexity index is 913. The number of carbonyl (C=O) groups excluding carboxylic acids is 3. The fourth-order valence-corrected chi connectivity index (χ4v) is 4.25. The molecule has 0 aliphatic carbocycles. The van der Waals surface area contributed by atoms with Crippen molar-refractivity contribution in [3.8, 4) is 0 Å². The van der Waals surface area contributed by atoms with Gasteiger partial charge in [0.2, 0.25) is 5.91 Å². The van der Waals surface area contributed by atoms with E-state index < -0.39 is 48.1 Å². The topological polar surface area (TPSA) is 125 Å². The van der Waals surface area contributed by atoms with Crippen LogP contribution in [0.5, 0.6) is 0 Å². The monoisotopic (exact) mass is 529 g/mol. The maximum atomic E-state index is 13.4. The molecule has 3 N–H and O–H groups in total. The number of nitrogens with one attached hydrogen (secondary N) is 2. The second-order valence-electron chi connectivity index (χ2n) is 8.83. The predicted molar refractivity (Wildman–Crippen MR) is 127 cm³/mol. The van der Waals surface area contributed by atoms with E-state index in [4.69, 9.17) is 4.74 Å². The average Bonchev–Trinajstić information content (AvgIpc) is 3.35. The van der Waals surface area contributed by atoms with Crippen molar-refractivity contribution >= 4 is 23.8 Å². The predicted octanol–water partition coefficient (Wildman–Crippen LogP) is 2.43. The number of esters is 1. The van der Waals surface area contributed by atoms with Crippen molar-refractivity contribution in [3.05, 3.63) is 35.9 Å². The number of carbonyl (C=O) groups is 4. The summed E-state index contributed by atoms with van der Waals surface area (Å²) >= 11 is 0. The molecule has 0 spiro atoms. The van der Waals surface area contributed by atoms with Crippen LogP contribution in [0.4, 0.5) is 13.2 Å². The van der Waals surface area contributed by atoms with Crippen molar-refractivity contribution in [3.63, 3.8) is 0 Å². The maximum absolute atomic E-state index is 13.4. The van der Waals surface area contributed by atoms with Crippen LogP contribution in [0.1, 0.15) is 51.0 Å². The molecule has 1 heterocycles. The van der Waals surface area contributed by atoms with Crippen LogP contribution in [0, 0.1) is 0 Å². The van der Waals surface area contributed by atoms with Gasteiger partial charge in [0, 0.05) is 13.1 Å². The van der Waals surface area contributed by atoms with Crippen molar-refractivity contribution in [1.29, 1.82) is 0 Å². The number of rotatable bonds is 14. The first kappa shape index (κ1) is 30.1. The molecular formula is C25H34F3N3O6. The first-order valence-electron chi connectivity index (χ1n) is 12.4. The summed E-state index contributed by atoms with van der Waals surface area (Å²) in [4.78, 5) is 50.0. The Hall–Kier alpha value is -3.15. The number of amides is 2. The Balaban J connectivity index is 2.11. The molecule has 1 aliphatic heterocycles. The van der Waals surface area contributed by atoms with E-state index in [0.29, 0.717) is 25.7 Å². The SMILES string of the molecule is CCOC(=O)C(CCc1ccccc1)NC(CCCCNC(=O)C(F)(F)F)C(=O)N1CCC[C@@H]1C(=O)O. The molecule has 1 aliphatic rings. The zero-order valence-corrected chi connectivity index (χ0v) is 20.8. The average molecular weight is 530 g/mol. The van der Waals surface area contributed by atoms with Crippen LogP contribution < -0.4 is 10.6 Å². The van der Waals surface area contributed by atoms with Crippen molar-refractivity contribution < 1.29 is 42.2 Å². The number of aliphatic carboxylic acids is 1. The van der Waals surface area contributed by atoms with Crippen molar-refractivity contribution in [2.24, 2.45) is 0 Å². The number of aryl methyl sites for hydroxylation is 1. The van der Waals surface area contributed by atoms with Gasteiger partial charge in [-0.3, -0.25) is 19.7 Å². The van der Waals surface area contributed by atoms with Gasteiger partial charge >= 0.3 is 24.0 Å². The van der Waals surface area contributed by atoms with Crippen LogP contribution >= 0.6 is 0 Å². The van der Waals surface area contributed by atoms with Crippen LogP contribution in [0.15, 0.2) is 30.3 Å². The van der Waals surface area contributed by atoms with Crippen LogP contribution in [-0.2, 0) is 30.3 Å². The van der Waals surface area contributed by atoms with Crippen molar-refractivity contribution in [2.45, 2.75) is 76.2 Å². The molecule has 2 unspecified atom stereocenters. The number of alkyl halides is 3. The highest BCUT2D eigenvalue weighted by atomic mass is 19.4. The van der Waals surface area contributed by atoms with Gasteiger partial charge < -0.3 is 20.1 Å². The number of ether oxygens (including phenoxy) is 1. The number of nitrogens with zero attached hydrogens (tertiary/aromatic N) is 1. The molecule has 1 fully saturated rings. The Morgan fingerprint density at radius 1 is 1.11 bits per heavy atom. The third kappa shape index (κ3) is 9.67. The van der Waals surface area contributed by atoms with Crippen LogP contribution in [0.2, 0.25) is 0 Å². The molecule has 2 amide bonds. The summed E-state index contributed by atoms with van der Waals surface area (Å²) in [7, 11) is 0. The minimum atomic E-state index is -4.98. The second kappa shape index (κ2) is 14.6. The first-order chi connectivity index (χ1) is 17.5. The molecule has 12 heteroatoms. The summed E-state index contributed by atoms with van der Waals surface area (Å²) in [5.74, 6) is -4.20. The standard InChI is InChI=1S/C25H34F3N3O6/c1-2-37-23(35)19(14-13-17-9-4-3-5-10-17)30-18(11-6-7-15-29-24(36)25(26,27)28)21(32)31-16-8-12-20(31)22(33)34/h3-5,9-10,18-20,30H,2,6-8,11-16H2,1H3,(H,29,36)(H,33,34)/t18?,19?,20-/m1/s1. The summed E-state index contributed by atoms with van der Waals surface area (Å²) in [6.45, 7) is 1.80. The summed E-state index contributed by atoms with van der Waals surface area (Å²) < 4.78 is 42.3. The van der Waals surface area contributed by atoms with E-state index in [1.165, 1.54) is 4.90 Å². The molecule has 2 rings (SSSR count). The Labute approximate surface area is 213 Å². The van der Waals surface area contributed by atoms with Gasteiger partial charge in [0.05, 0.1) is 12.6 Å². The Morgan fingerprint density at radius 2 is 1.81 bits per heavy atom. The highest BCUT2D eigenvalue weighted by molar-refractivity contribution is 5.88. The second-order valence-corrected chi connectivity index (χ2v) is 8.83. The zero-order chi connectivity index (χ0) is 27.4. The maximum Gasteiger partial charge on any atom is 0.471 e. The number of hydrogen-bond donors (Lipinski definition) is 3. The molecule has 1 aromatic carbocycles. The number of hydrogen-bond acceptors (Lipinski definition) is 6. The molecule has 0 aromatic heterocycles. The lowest BCUT2D eigenvalue weighted by Gasteiger charge is -2.30. The normalized spacial score (nSPS) is 17.2. The van der Waals surface area contributed by atoms with Gasteiger partial charge in [0.1, 0.15) is 12.1 Å². The lowest BCUT2D eigenvalue weighted by atomic mass is 10.0. The molecule has 0 saturated carbocycles. The molecule has 37 heavy (non-hydrogen) atoms. The smallest absolute Gasteiger partial charge is 0.471 e. The van der Waals surface area contributed by atoms with E-state index in [2.05, 4.69) is 5.32 Å².